The van der Waals surface area contributed by atoms with Crippen molar-refractivity contribution in [1.29, 1.82) is 0 Å². The molecule has 0 atom stereocenters. The van der Waals surface area contributed by atoms with Crippen molar-refractivity contribution in [2.75, 3.05) is 10.6 Å². The maximum atomic E-state index is 10.9. The molecule has 114 valence electrons. The van der Waals surface area contributed by atoms with E-state index >= 15 is 0 Å². The predicted molar refractivity (Wildman–Crippen MR) is 93.6 cm³/mol. The highest BCUT2D eigenvalue weighted by molar-refractivity contribution is 7.80. The molecule has 0 spiro atoms. The minimum absolute atomic E-state index is 0.0685. The van der Waals surface area contributed by atoms with Gasteiger partial charge in [0.25, 0.3) is 5.69 Å². The van der Waals surface area contributed by atoms with Gasteiger partial charge >= 0.3 is 0 Å². The summed E-state index contributed by atoms with van der Waals surface area (Å²) in [4.78, 5) is 10.5. The average molecular weight is 315 g/mol. The second-order valence-corrected chi connectivity index (χ2v) is 5.49. The molecule has 0 bridgehead atoms. The number of aryl methyl sites for hydroxylation is 2. The lowest BCUT2D eigenvalue weighted by Gasteiger charge is -2.13. The van der Waals surface area contributed by atoms with Crippen molar-refractivity contribution in [2.24, 2.45) is 0 Å². The Bertz CT molecular complexity index is 744. The molecule has 0 fully saturated rings. The third-order valence-corrected chi connectivity index (χ3v) is 3.72. The van der Waals surface area contributed by atoms with Gasteiger partial charge in [0.2, 0.25) is 0 Å². The van der Waals surface area contributed by atoms with Crippen LogP contribution in [0.25, 0.3) is 0 Å². The Kier molecular flexibility index (Phi) is 4.72. The van der Waals surface area contributed by atoms with Crippen molar-refractivity contribution in [1.82, 2.24) is 0 Å². The fourth-order valence-corrected chi connectivity index (χ4v) is 2.29. The fraction of sp³-hybridized carbons (Fsp3) is 0.188. The van der Waals surface area contributed by atoms with Gasteiger partial charge < -0.3 is 10.6 Å². The lowest BCUT2D eigenvalue weighted by atomic mass is 10.1. The Morgan fingerprint density at radius 2 is 1.82 bits per heavy atom. The SMILES string of the molecule is Cc1ccc(NC(=S)Nc2cccc([N+](=O)[O-])c2C)cc1C. The standard InChI is InChI=1S/C16H17N3O2S/c1-10-7-8-13(9-11(10)2)17-16(22)18-14-5-4-6-15(12(14)3)19(20)21/h4-9H,1-3H3,(H2,17,18,22). The highest BCUT2D eigenvalue weighted by atomic mass is 32.1. The molecular formula is C16H17N3O2S. The average Bonchev–Trinajstić information content (AvgIpc) is 2.45. The number of anilines is 2. The molecule has 6 heteroatoms. The van der Waals surface area contributed by atoms with Gasteiger partial charge in [0.15, 0.2) is 5.11 Å². The van der Waals surface area contributed by atoms with E-state index in [1.54, 1.807) is 19.1 Å². The first-order chi connectivity index (χ1) is 10.4. The maximum absolute atomic E-state index is 10.9. The third-order valence-electron chi connectivity index (χ3n) is 3.51. The number of hydrogen-bond donors (Lipinski definition) is 2. The molecule has 0 saturated carbocycles. The molecule has 5 nitrogen and oxygen atoms in total. The third kappa shape index (κ3) is 3.59. The van der Waals surface area contributed by atoms with Crippen LogP contribution in [0.1, 0.15) is 16.7 Å². The Hall–Kier alpha value is -2.47. The molecule has 0 unspecified atom stereocenters. The minimum atomic E-state index is -0.402. The number of nitrogens with zero attached hydrogens (tertiary/aromatic N) is 1. The normalized spacial score (nSPS) is 10.1. The van der Waals surface area contributed by atoms with E-state index in [0.717, 1.165) is 5.69 Å². The highest BCUT2D eigenvalue weighted by Gasteiger charge is 2.13. The quantitative estimate of drug-likeness (QED) is 0.501. The van der Waals surface area contributed by atoms with Crippen LogP contribution in [0.2, 0.25) is 0 Å². The van der Waals surface area contributed by atoms with Gasteiger partial charge in [0.1, 0.15) is 0 Å². The van der Waals surface area contributed by atoms with Crippen LogP contribution in [0.15, 0.2) is 36.4 Å². The summed E-state index contributed by atoms with van der Waals surface area (Å²) in [7, 11) is 0. The summed E-state index contributed by atoms with van der Waals surface area (Å²) in [6.07, 6.45) is 0. The first kappa shape index (κ1) is 15.9. The van der Waals surface area contributed by atoms with Gasteiger partial charge in [0.05, 0.1) is 16.2 Å². The number of nitrogens with one attached hydrogen (secondary N) is 2. The summed E-state index contributed by atoms with van der Waals surface area (Å²) < 4.78 is 0. The summed E-state index contributed by atoms with van der Waals surface area (Å²) in [5.74, 6) is 0. The fourth-order valence-electron chi connectivity index (χ4n) is 2.06. The zero-order valence-corrected chi connectivity index (χ0v) is 13.5. The van der Waals surface area contributed by atoms with Gasteiger partial charge in [-0.2, -0.15) is 0 Å². The molecule has 0 amide bonds. The minimum Gasteiger partial charge on any atom is -0.332 e. The number of nitro benzene ring substituents is 1. The number of hydrogen-bond acceptors (Lipinski definition) is 3. The van der Waals surface area contributed by atoms with E-state index in [1.165, 1.54) is 17.2 Å². The molecule has 0 aromatic heterocycles. The largest absolute Gasteiger partial charge is 0.332 e. The van der Waals surface area contributed by atoms with Crippen LogP contribution in [0.5, 0.6) is 0 Å². The van der Waals surface area contributed by atoms with Gasteiger partial charge in [-0.15, -0.1) is 0 Å². The molecule has 0 heterocycles. The Balaban J connectivity index is 2.14. The first-order valence-corrected chi connectivity index (χ1v) is 7.18. The molecular weight excluding hydrogens is 298 g/mol. The van der Waals surface area contributed by atoms with Crippen molar-refractivity contribution in [3.8, 4) is 0 Å². The summed E-state index contributed by atoms with van der Waals surface area (Å²) in [6, 6.07) is 10.8. The smallest absolute Gasteiger partial charge is 0.274 e. The maximum Gasteiger partial charge on any atom is 0.274 e. The van der Waals surface area contributed by atoms with Crippen LogP contribution in [0, 0.1) is 30.9 Å². The molecule has 0 aliphatic rings. The van der Waals surface area contributed by atoms with Crippen LogP contribution in [0.3, 0.4) is 0 Å². The molecule has 2 N–H and O–H groups in total. The van der Waals surface area contributed by atoms with Crippen LogP contribution in [-0.2, 0) is 0 Å². The van der Waals surface area contributed by atoms with E-state index in [9.17, 15) is 10.1 Å². The van der Waals surface area contributed by atoms with Crippen molar-refractivity contribution < 1.29 is 4.92 Å². The van der Waals surface area contributed by atoms with E-state index < -0.39 is 4.92 Å². The van der Waals surface area contributed by atoms with Crippen molar-refractivity contribution >= 4 is 34.4 Å². The summed E-state index contributed by atoms with van der Waals surface area (Å²) in [5, 5.41) is 17.4. The first-order valence-electron chi connectivity index (χ1n) is 6.77. The lowest BCUT2D eigenvalue weighted by molar-refractivity contribution is -0.385. The van der Waals surface area contributed by atoms with Crippen molar-refractivity contribution in [3.05, 3.63) is 63.2 Å². The molecule has 0 aliphatic carbocycles. The monoisotopic (exact) mass is 315 g/mol. The van der Waals surface area contributed by atoms with Crippen LogP contribution in [-0.4, -0.2) is 10.0 Å². The molecule has 2 aromatic carbocycles. The van der Waals surface area contributed by atoms with Crippen molar-refractivity contribution in [2.45, 2.75) is 20.8 Å². The number of benzene rings is 2. The van der Waals surface area contributed by atoms with E-state index in [4.69, 9.17) is 12.2 Å². The molecule has 2 rings (SSSR count). The summed E-state index contributed by atoms with van der Waals surface area (Å²) >= 11 is 5.27. The van der Waals surface area contributed by atoms with E-state index in [1.807, 2.05) is 32.0 Å². The zero-order chi connectivity index (χ0) is 16.3. The molecule has 22 heavy (non-hydrogen) atoms. The number of nitro groups is 1. The van der Waals surface area contributed by atoms with Crippen LogP contribution in [0.4, 0.5) is 17.1 Å². The zero-order valence-electron chi connectivity index (χ0n) is 12.6. The van der Waals surface area contributed by atoms with Gasteiger partial charge in [-0.1, -0.05) is 12.1 Å². The molecule has 0 saturated heterocycles. The number of thiocarbonyl (C=S) groups is 1. The highest BCUT2D eigenvalue weighted by Crippen LogP contribution is 2.25. The van der Waals surface area contributed by atoms with E-state index in [2.05, 4.69) is 10.6 Å². The van der Waals surface area contributed by atoms with Gasteiger partial charge in [-0.25, -0.2) is 0 Å². The van der Waals surface area contributed by atoms with Gasteiger partial charge in [-0.3, -0.25) is 10.1 Å². The summed E-state index contributed by atoms with van der Waals surface area (Å²) in [6.45, 7) is 5.77. The van der Waals surface area contributed by atoms with Crippen LogP contribution >= 0.6 is 12.2 Å². The van der Waals surface area contributed by atoms with Crippen LogP contribution < -0.4 is 10.6 Å². The van der Waals surface area contributed by atoms with E-state index in [0.29, 0.717) is 16.4 Å². The molecule has 0 aliphatic heterocycles. The lowest BCUT2D eigenvalue weighted by Crippen LogP contribution is -2.19. The van der Waals surface area contributed by atoms with E-state index in [-0.39, 0.29) is 5.69 Å². The Labute approximate surface area is 134 Å². The predicted octanol–water partition coefficient (Wildman–Crippen LogP) is 4.33. The summed E-state index contributed by atoms with van der Waals surface area (Å²) in [5.41, 5.74) is 4.49. The molecule has 2 aromatic rings. The van der Waals surface area contributed by atoms with Crippen molar-refractivity contribution in [3.63, 3.8) is 0 Å². The van der Waals surface area contributed by atoms with Gasteiger partial charge in [0, 0.05) is 11.8 Å². The number of rotatable bonds is 3. The second-order valence-electron chi connectivity index (χ2n) is 5.08. The topological polar surface area (TPSA) is 67.2 Å². The van der Waals surface area contributed by atoms with Gasteiger partial charge in [-0.05, 0) is 62.3 Å². The second kappa shape index (κ2) is 6.53. The Morgan fingerprint density at radius 3 is 2.45 bits per heavy atom. The molecule has 0 radical (unpaired) electrons. The Morgan fingerprint density at radius 1 is 1.09 bits per heavy atom.